The highest BCUT2D eigenvalue weighted by Crippen LogP contribution is 2.30. The summed E-state index contributed by atoms with van der Waals surface area (Å²) in [5.41, 5.74) is 1.41. The molecule has 1 saturated heterocycles. The lowest BCUT2D eigenvalue weighted by atomic mass is 10.1. The van der Waals surface area contributed by atoms with Crippen LogP contribution in [0.5, 0.6) is 11.5 Å². The molecule has 1 aliphatic rings. The van der Waals surface area contributed by atoms with E-state index in [1.165, 1.54) is 6.07 Å². The molecular weight excluding hydrogens is 353 g/mol. The number of ether oxygens (including phenoxy) is 3. The van der Waals surface area contributed by atoms with Gasteiger partial charge in [-0.25, -0.2) is 4.39 Å². The maximum absolute atomic E-state index is 13.8. The average molecular weight is 375 g/mol. The van der Waals surface area contributed by atoms with E-state index in [1.807, 2.05) is 25.1 Å². The summed E-state index contributed by atoms with van der Waals surface area (Å²) in [5.74, 6) is 0.899. The fourth-order valence-electron chi connectivity index (χ4n) is 2.75. The van der Waals surface area contributed by atoms with E-state index in [1.54, 1.807) is 18.2 Å². The topological polar surface area (TPSA) is 30.9 Å². The third kappa shape index (κ3) is 4.51. The lowest BCUT2D eigenvalue weighted by Gasteiger charge is -2.29. The molecule has 138 valence electrons. The first-order valence-corrected chi connectivity index (χ1v) is 9.10. The Morgan fingerprint density at radius 2 is 1.88 bits per heavy atom. The Morgan fingerprint density at radius 3 is 2.62 bits per heavy atom. The fourth-order valence-corrected chi connectivity index (χ4v) is 3.06. The van der Waals surface area contributed by atoms with Gasteiger partial charge in [0.2, 0.25) is 0 Å². The Morgan fingerprint density at radius 1 is 1.12 bits per heavy atom. The summed E-state index contributed by atoms with van der Waals surface area (Å²) in [6, 6.07) is 12.2. The zero-order valence-electron chi connectivity index (χ0n) is 14.7. The molecule has 2 aromatic rings. The maximum Gasteiger partial charge on any atom is 0.161 e. The molecule has 1 heterocycles. The van der Waals surface area contributed by atoms with Gasteiger partial charge in [0.1, 0.15) is 17.4 Å². The van der Waals surface area contributed by atoms with Crippen LogP contribution >= 0.6 is 12.2 Å². The van der Waals surface area contributed by atoms with Gasteiger partial charge in [-0.1, -0.05) is 30.4 Å². The van der Waals surface area contributed by atoms with Gasteiger partial charge >= 0.3 is 0 Å². The van der Waals surface area contributed by atoms with E-state index in [0.29, 0.717) is 36.9 Å². The molecule has 6 heteroatoms. The first-order chi connectivity index (χ1) is 12.7. The molecule has 0 amide bonds. The zero-order valence-corrected chi connectivity index (χ0v) is 15.6. The van der Waals surface area contributed by atoms with Crippen LogP contribution in [0.15, 0.2) is 42.5 Å². The number of nitrogens with zero attached hydrogens (tertiary/aromatic N) is 1. The van der Waals surface area contributed by atoms with Crippen molar-refractivity contribution < 1.29 is 18.6 Å². The molecule has 0 bridgehead atoms. The summed E-state index contributed by atoms with van der Waals surface area (Å²) in [7, 11) is 0. The lowest BCUT2D eigenvalue weighted by Crippen LogP contribution is -2.40. The fraction of sp³-hybridized carbons (Fsp3) is 0.350. The molecule has 0 atom stereocenters. The highest BCUT2D eigenvalue weighted by atomic mass is 32.1. The van der Waals surface area contributed by atoms with Crippen molar-refractivity contribution in [3.05, 3.63) is 59.4 Å². The highest BCUT2D eigenvalue weighted by molar-refractivity contribution is 7.80. The zero-order chi connectivity index (χ0) is 18.4. The lowest BCUT2D eigenvalue weighted by molar-refractivity contribution is 0.0693. The van der Waals surface area contributed by atoms with Crippen LogP contribution in [0.1, 0.15) is 18.1 Å². The van der Waals surface area contributed by atoms with Crippen LogP contribution in [-0.4, -0.2) is 42.8 Å². The van der Waals surface area contributed by atoms with Gasteiger partial charge in [0.15, 0.2) is 11.5 Å². The second kappa shape index (κ2) is 8.96. The van der Waals surface area contributed by atoms with Crippen molar-refractivity contribution in [1.82, 2.24) is 4.90 Å². The Hall–Kier alpha value is -2.18. The van der Waals surface area contributed by atoms with Crippen LogP contribution in [0.2, 0.25) is 0 Å². The molecular formula is C20H22FNO3S. The van der Waals surface area contributed by atoms with Crippen molar-refractivity contribution in [2.45, 2.75) is 13.5 Å². The number of rotatable bonds is 6. The van der Waals surface area contributed by atoms with Gasteiger partial charge < -0.3 is 19.1 Å². The largest absolute Gasteiger partial charge is 0.490 e. The van der Waals surface area contributed by atoms with Crippen molar-refractivity contribution in [2.24, 2.45) is 0 Å². The Labute approximate surface area is 158 Å². The summed E-state index contributed by atoms with van der Waals surface area (Å²) < 4.78 is 30.7. The van der Waals surface area contributed by atoms with Gasteiger partial charge in [-0.15, -0.1) is 0 Å². The van der Waals surface area contributed by atoms with E-state index >= 15 is 0 Å². The molecule has 0 aromatic heterocycles. The summed E-state index contributed by atoms with van der Waals surface area (Å²) in [4.78, 5) is 2.90. The molecule has 1 aliphatic heterocycles. The molecule has 4 nitrogen and oxygen atoms in total. The quantitative estimate of drug-likeness (QED) is 0.717. The molecule has 3 rings (SSSR count). The maximum atomic E-state index is 13.8. The summed E-state index contributed by atoms with van der Waals surface area (Å²) >= 11 is 5.61. The van der Waals surface area contributed by atoms with E-state index in [2.05, 4.69) is 4.90 Å². The van der Waals surface area contributed by atoms with E-state index in [4.69, 9.17) is 26.4 Å². The van der Waals surface area contributed by atoms with E-state index in [9.17, 15) is 4.39 Å². The van der Waals surface area contributed by atoms with Crippen LogP contribution < -0.4 is 9.47 Å². The Balaban J connectivity index is 1.75. The van der Waals surface area contributed by atoms with Gasteiger partial charge in [-0.2, -0.15) is 0 Å². The van der Waals surface area contributed by atoms with Crippen molar-refractivity contribution in [3.63, 3.8) is 0 Å². The molecule has 0 radical (unpaired) electrons. The van der Waals surface area contributed by atoms with E-state index in [-0.39, 0.29) is 12.4 Å². The summed E-state index contributed by atoms with van der Waals surface area (Å²) in [6.07, 6.45) is 0. The van der Waals surface area contributed by atoms with Gasteiger partial charge in [0.25, 0.3) is 0 Å². The minimum Gasteiger partial charge on any atom is -0.490 e. The molecule has 2 aromatic carbocycles. The molecule has 0 unspecified atom stereocenters. The first-order valence-electron chi connectivity index (χ1n) is 8.69. The second-order valence-corrected chi connectivity index (χ2v) is 6.27. The van der Waals surface area contributed by atoms with Crippen LogP contribution in [0, 0.1) is 5.82 Å². The SMILES string of the molecule is CCOc1cc(C(=S)N2CCOCC2)ccc1OCc1ccccc1F. The number of halogens is 1. The van der Waals surface area contributed by atoms with Crippen LogP contribution in [0.3, 0.4) is 0 Å². The molecule has 0 saturated carbocycles. The molecule has 26 heavy (non-hydrogen) atoms. The Kier molecular flexibility index (Phi) is 6.41. The number of hydrogen-bond acceptors (Lipinski definition) is 4. The summed E-state index contributed by atoms with van der Waals surface area (Å²) in [5, 5.41) is 0. The van der Waals surface area contributed by atoms with Gasteiger partial charge in [0, 0.05) is 24.2 Å². The van der Waals surface area contributed by atoms with Crippen molar-refractivity contribution in [3.8, 4) is 11.5 Å². The van der Waals surface area contributed by atoms with Crippen LogP contribution in [0.25, 0.3) is 0 Å². The molecule has 0 spiro atoms. The third-order valence-electron chi connectivity index (χ3n) is 4.13. The highest BCUT2D eigenvalue weighted by Gasteiger charge is 2.17. The summed E-state index contributed by atoms with van der Waals surface area (Å²) in [6.45, 7) is 5.49. The minimum absolute atomic E-state index is 0.139. The standard InChI is InChI=1S/C20H22FNO3S/c1-2-24-19-13-15(20(26)22-9-11-23-12-10-22)7-8-18(19)25-14-16-5-3-4-6-17(16)21/h3-8,13H,2,9-12,14H2,1H3. The van der Waals surface area contributed by atoms with Crippen LogP contribution in [-0.2, 0) is 11.3 Å². The first kappa shape index (κ1) is 18.6. The minimum atomic E-state index is -0.282. The van der Waals surface area contributed by atoms with Gasteiger partial charge in [-0.3, -0.25) is 0 Å². The predicted octanol–water partition coefficient (Wildman–Crippen LogP) is 3.81. The number of thiocarbonyl (C=S) groups is 1. The monoisotopic (exact) mass is 375 g/mol. The number of hydrogen-bond donors (Lipinski definition) is 0. The predicted molar refractivity (Wildman–Crippen MR) is 102 cm³/mol. The second-order valence-electron chi connectivity index (χ2n) is 5.88. The molecule has 0 aliphatic carbocycles. The average Bonchev–Trinajstić information content (AvgIpc) is 2.68. The van der Waals surface area contributed by atoms with Gasteiger partial charge in [-0.05, 0) is 31.2 Å². The Bertz CT molecular complexity index is 762. The van der Waals surface area contributed by atoms with Crippen molar-refractivity contribution in [2.75, 3.05) is 32.9 Å². The number of benzene rings is 2. The van der Waals surface area contributed by atoms with Crippen LogP contribution in [0.4, 0.5) is 4.39 Å². The molecule has 0 N–H and O–H groups in total. The van der Waals surface area contributed by atoms with E-state index < -0.39 is 0 Å². The normalized spacial score (nSPS) is 14.2. The third-order valence-corrected chi connectivity index (χ3v) is 4.62. The smallest absolute Gasteiger partial charge is 0.161 e. The number of morpholine rings is 1. The molecule has 1 fully saturated rings. The van der Waals surface area contributed by atoms with Gasteiger partial charge in [0.05, 0.1) is 19.8 Å². The van der Waals surface area contributed by atoms with E-state index in [0.717, 1.165) is 23.6 Å². The van der Waals surface area contributed by atoms with Crippen molar-refractivity contribution >= 4 is 17.2 Å². The van der Waals surface area contributed by atoms with Crippen molar-refractivity contribution in [1.29, 1.82) is 0 Å².